The molecule has 17 heavy (non-hydrogen) atoms. The van der Waals surface area contributed by atoms with Crippen LogP contribution in [0.1, 0.15) is 29.6 Å². The highest BCUT2D eigenvalue weighted by Crippen LogP contribution is 2.25. The Morgan fingerprint density at radius 2 is 2.41 bits per heavy atom. The summed E-state index contributed by atoms with van der Waals surface area (Å²) in [5.74, 6) is -0.0579. The van der Waals surface area contributed by atoms with Crippen molar-refractivity contribution in [3.8, 4) is 0 Å². The summed E-state index contributed by atoms with van der Waals surface area (Å²) in [5, 5.41) is 9.33. The molecule has 0 spiro atoms. The molecule has 1 aromatic heterocycles. The molecule has 1 aliphatic heterocycles. The summed E-state index contributed by atoms with van der Waals surface area (Å²) in [7, 11) is 0. The molecule has 1 N–H and O–H groups in total. The molecule has 0 aliphatic carbocycles. The van der Waals surface area contributed by atoms with Crippen LogP contribution in [0.15, 0.2) is 17.3 Å². The molecule has 0 saturated carbocycles. The zero-order valence-electron chi connectivity index (χ0n) is 9.33. The largest absolute Gasteiger partial charge is 0.477 e. The summed E-state index contributed by atoms with van der Waals surface area (Å²) in [6, 6.07) is 0. The zero-order chi connectivity index (χ0) is 12.3. The average molecular weight is 254 g/mol. The quantitative estimate of drug-likeness (QED) is 0.878. The summed E-state index contributed by atoms with van der Waals surface area (Å²) >= 11 is 1.90. The van der Waals surface area contributed by atoms with Crippen LogP contribution < -0.4 is 5.56 Å². The number of thioether (sulfide) groups is 1. The lowest BCUT2D eigenvalue weighted by molar-refractivity contribution is 0.0693. The molecular formula is C11H14N2O3S. The van der Waals surface area contributed by atoms with Gasteiger partial charge in [-0.05, 0) is 18.6 Å². The van der Waals surface area contributed by atoms with Gasteiger partial charge in [0.05, 0.1) is 6.33 Å². The third-order valence-corrected chi connectivity index (χ3v) is 4.15. The maximum absolute atomic E-state index is 11.2. The molecule has 1 atom stereocenters. The molecule has 92 valence electrons. The molecule has 0 amide bonds. The molecule has 0 radical (unpaired) electrons. The number of carbonyl (C=O) groups is 1. The highest BCUT2D eigenvalue weighted by atomic mass is 32.2. The third-order valence-electron chi connectivity index (χ3n) is 2.77. The van der Waals surface area contributed by atoms with Crippen molar-refractivity contribution in [3.05, 3.63) is 28.4 Å². The van der Waals surface area contributed by atoms with Gasteiger partial charge in [-0.15, -0.1) is 0 Å². The molecule has 5 nitrogen and oxygen atoms in total. The molecule has 2 rings (SSSR count). The maximum Gasteiger partial charge on any atom is 0.342 e. The molecule has 6 heteroatoms. The molecule has 0 aromatic carbocycles. The highest BCUT2D eigenvalue weighted by molar-refractivity contribution is 7.99. The highest BCUT2D eigenvalue weighted by Gasteiger charge is 2.15. The van der Waals surface area contributed by atoms with Gasteiger partial charge in [-0.3, -0.25) is 4.79 Å². The monoisotopic (exact) mass is 254 g/mol. The number of carboxylic acids is 1. The number of aromatic carboxylic acids is 1. The standard InChI is InChI=1S/C11H14N2O3S/c14-10-9(11(15)16)6-13(7-12-10)5-8-3-1-2-4-17-8/h6-8H,1-5H2,(H,15,16). The van der Waals surface area contributed by atoms with Crippen molar-refractivity contribution < 1.29 is 9.90 Å². The first-order valence-electron chi connectivity index (χ1n) is 5.58. The SMILES string of the molecule is O=C(O)c1cn(CC2CCCCS2)cnc1=O. The van der Waals surface area contributed by atoms with Gasteiger partial charge in [-0.1, -0.05) is 6.42 Å². The Balaban J connectivity index is 2.13. The van der Waals surface area contributed by atoms with Gasteiger partial charge in [-0.25, -0.2) is 4.79 Å². The van der Waals surface area contributed by atoms with E-state index in [1.807, 2.05) is 11.8 Å². The minimum atomic E-state index is -1.21. The fourth-order valence-corrected chi connectivity index (χ4v) is 3.20. The van der Waals surface area contributed by atoms with E-state index in [1.54, 1.807) is 4.57 Å². The van der Waals surface area contributed by atoms with Crippen molar-refractivity contribution in [1.29, 1.82) is 0 Å². The van der Waals surface area contributed by atoms with Crippen molar-refractivity contribution in [2.24, 2.45) is 0 Å². The number of nitrogens with zero attached hydrogens (tertiary/aromatic N) is 2. The van der Waals surface area contributed by atoms with Crippen LogP contribution in [0.25, 0.3) is 0 Å². The molecular weight excluding hydrogens is 240 g/mol. The van der Waals surface area contributed by atoms with Gasteiger partial charge in [0.2, 0.25) is 0 Å². The van der Waals surface area contributed by atoms with Crippen LogP contribution in [0.3, 0.4) is 0 Å². The summed E-state index contributed by atoms with van der Waals surface area (Å²) in [4.78, 5) is 25.6. The van der Waals surface area contributed by atoms with Gasteiger partial charge in [0.15, 0.2) is 0 Å². The lowest BCUT2D eigenvalue weighted by Crippen LogP contribution is -2.23. The first kappa shape index (κ1) is 12.2. The number of rotatable bonds is 3. The number of hydrogen-bond acceptors (Lipinski definition) is 4. The van der Waals surface area contributed by atoms with Crippen LogP contribution in [0.4, 0.5) is 0 Å². The van der Waals surface area contributed by atoms with E-state index in [9.17, 15) is 9.59 Å². The fraction of sp³-hybridized carbons (Fsp3) is 0.545. The van der Waals surface area contributed by atoms with E-state index < -0.39 is 11.5 Å². The van der Waals surface area contributed by atoms with Gasteiger partial charge in [0.25, 0.3) is 5.56 Å². The van der Waals surface area contributed by atoms with Crippen molar-refractivity contribution >= 4 is 17.7 Å². The van der Waals surface area contributed by atoms with E-state index in [-0.39, 0.29) is 5.56 Å². The third kappa shape index (κ3) is 3.09. The van der Waals surface area contributed by atoms with Gasteiger partial charge < -0.3 is 9.67 Å². The van der Waals surface area contributed by atoms with E-state index in [2.05, 4.69) is 4.98 Å². The normalized spacial score (nSPS) is 20.1. The van der Waals surface area contributed by atoms with Crippen molar-refractivity contribution in [1.82, 2.24) is 9.55 Å². The summed E-state index contributed by atoms with van der Waals surface area (Å²) in [5.41, 5.74) is -0.932. The summed E-state index contributed by atoms with van der Waals surface area (Å²) in [6.45, 7) is 0.720. The maximum atomic E-state index is 11.2. The van der Waals surface area contributed by atoms with Gasteiger partial charge in [0.1, 0.15) is 5.56 Å². The van der Waals surface area contributed by atoms with Crippen molar-refractivity contribution in [2.75, 3.05) is 5.75 Å². The lowest BCUT2D eigenvalue weighted by atomic mass is 10.2. The van der Waals surface area contributed by atoms with Gasteiger partial charge >= 0.3 is 5.97 Å². The number of aromatic nitrogens is 2. The van der Waals surface area contributed by atoms with Gasteiger partial charge in [0, 0.05) is 18.0 Å². The Morgan fingerprint density at radius 1 is 1.59 bits per heavy atom. The molecule has 1 fully saturated rings. The summed E-state index contributed by atoms with van der Waals surface area (Å²) < 4.78 is 1.70. The minimum Gasteiger partial charge on any atom is -0.477 e. The van der Waals surface area contributed by atoms with E-state index >= 15 is 0 Å². The van der Waals surface area contributed by atoms with Crippen LogP contribution in [-0.2, 0) is 6.54 Å². The predicted molar refractivity (Wildman–Crippen MR) is 65.6 cm³/mol. The summed E-state index contributed by atoms with van der Waals surface area (Å²) in [6.07, 6.45) is 6.41. The van der Waals surface area contributed by atoms with Crippen LogP contribution in [0.2, 0.25) is 0 Å². The van der Waals surface area contributed by atoms with Crippen molar-refractivity contribution in [2.45, 2.75) is 31.1 Å². The van der Waals surface area contributed by atoms with Crippen LogP contribution in [0.5, 0.6) is 0 Å². The second kappa shape index (κ2) is 5.35. The predicted octanol–water partition coefficient (Wildman–Crippen LogP) is 1.23. The second-order valence-corrected chi connectivity index (χ2v) is 5.49. The van der Waals surface area contributed by atoms with E-state index in [0.717, 1.165) is 18.7 Å². The van der Waals surface area contributed by atoms with Crippen molar-refractivity contribution in [3.63, 3.8) is 0 Å². The Hall–Kier alpha value is -1.30. The first-order chi connectivity index (χ1) is 8.16. The number of hydrogen-bond donors (Lipinski definition) is 1. The lowest BCUT2D eigenvalue weighted by Gasteiger charge is -2.22. The molecule has 1 aromatic rings. The molecule has 2 heterocycles. The van der Waals surface area contributed by atoms with Crippen LogP contribution in [-0.4, -0.2) is 31.6 Å². The molecule has 1 saturated heterocycles. The van der Waals surface area contributed by atoms with E-state index in [1.165, 1.54) is 25.4 Å². The first-order valence-corrected chi connectivity index (χ1v) is 6.62. The number of carboxylic acid groups (broad SMARTS) is 1. The molecule has 0 bridgehead atoms. The second-order valence-electron chi connectivity index (χ2n) is 4.08. The van der Waals surface area contributed by atoms with Gasteiger partial charge in [-0.2, -0.15) is 16.7 Å². The van der Waals surface area contributed by atoms with Crippen LogP contribution in [0, 0.1) is 0 Å². The van der Waals surface area contributed by atoms with E-state index in [4.69, 9.17) is 5.11 Å². The minimum absolute atomic E-state index is 0.256. The smallest absolute Gasteiger partial charge is 0.342 e. The van der Waals surface area contributed by atoms with E-state index in [0.29, 0.717) is 5.25 Å². The Labute approximate surface area is 103 Å². The average Bonchev–Trinajstić information content (AvgIpc) is 2.32. The zero-order valence-corrected chi connectivity index (χ0v) is 10.2. The fourth-order valence-electron chi connectivity index (χ4n) is 1.88. The Bertz CT molecular complexity index is 466. The Morgan fingerprint density at radius 3 is 3.06 bits per heavy atom. The molecule has 1 aliphatic rings. The van der Waals surface area contributed by atoms with Crippen LogP contribution >= 0.6 is 11.8 Å². The Kier molecular flexibility index (Phi) is 3.83. The molecule has 1 unspecified atom stereocenters. The topological polar surface area (TPSA) is 72.2 Å².